The molecule has 1 aliphatic rings. The van der Waals surface area contributed by atoms with Gasteiger partial charge < -0.3 is 20.1 Å². The molecule has 0 aromatic carbocycles. The summed E-state index contributed by atoms with van der Waals surface area (Å²) in [6, 6.07) is 4.58. The van der Waals surface area contributed by atoms with Crippen molar-refractivity contribution < 1.29 is 9.84 Å². The van der Waals surface area contributed by atoms with Crippen LogP contribution in [0.15, 0.2) is 17.5 Å². The number of likely N-dealkylation sites (N-methyl/N-ethyl adjacent to an activating group) is 2. The zero-order chi connectivity index (χ0) is 15.1. The molecule has 1 fully saturated rings. The van der Waals surface area contributed by atoms with Crippen LogP contribution >= 0.6 is 11.3 Å². The average Bonchev–Trinajstić information content (AvgIpc) is 2.96. The first-order chi connectivity index (χ1) is 10.1. The summed E-state index contributed by atoms with van der Waals surface area (Å²) in [6.07, 6.45) is -0.448. The molecule has 1 aromatic heterocycles. The van der Waals surface area contributed by atoms with Crippen molar-refractivity contribution in [2.24, 2.45) is 0 Å². The molecule has 2 atom stereocenters. The number of hydrogen-bond donors (Lipinski definition) is 2. The molecule has 5 nitrogen and oxygen atoms in total. The molecule has 1 aromatic rings. The molecule has 2 heterocycles. The maximum absolute atomic E-state index is 9.92. The monoisotopic (exact) mass is 313 g/mol. The number of nitrogens with zero attached hydrogens (tertiary/aromatic N) is 2. The molecular weight excluding hydrogens is 286 g/mol. The van der Waals surface area contributed by atoms with Gasteiger partial charge in [0.2, 0.25) is 0 Å². The van der Waals surface area contributed by atoms with Crippen molar-refractivity contribution in [3.8, 4) is 0 Å². The normalized spacial score (nSPS) is 22.5. The standard InChI is InChI=1S/C15H27N3O2S/c1-17-5-6-18(2)13(10-17)8-16-9-14(19)11-20-12-15-4-3-7-21-15/h3-4,7,13-14,16,19H,5-6,8-12H2,1-2H3. The van der Waals surface area contributed by atoms with Gasteiger partial charge in [0.15, 0.2) is 0 Å². The third-order valence-corrected chi connectivity index (χ3v) is 4.72. The van der Waals surface area contributed by atoms with Crippen molar-refractivity contribution >= 4 is 11.3 Å². The van der Waals surface area contributed by atoms with Crippen LogP contribution in [0.3, 0.4) is 0 Å². The molecule has 0 aliphatic carbocycles. The van der Waals surface area contributed by atoms with Crippen molar-refractivity contribution in [3.05, 3.63) is 22.4 Å². The maximum atomic E-state index is 9.92. The summed E-state index contributed by atoms with van der Waals surface area (Å²) in [5.74, 6) is 0. The predicted molar refractivity (Wildman–Crippen MR) is 86.8 cm³/mol. The number of aliphatic hydroxyl groups is 1. The van der Waals surface area contributed by atoms with Gasteiger partial charge in [0.05, 0.1) is 19.3 Å². The van der Waals surface area contributed by atoms with Crippen LogP contribution in [0.4, 0.5) is 0 Å². The summed E-state index contributed by atoms with van der Waals surface area (Å²) >= 11 is 1.68. The van der Waals surface area contributed by atoms with Gasteiger partial charge in [-0.3, -0.25) is 4.90 Å². The van der Waals surface area contributed by atoms with Crippen molar-refractivity contribution in [1.82, 2.24) is 15.1 Å². The lowest BCUT2D eigenvalue weighted by Crippen LogP contribution is -2.54. The molecule has 120 valence electrons. The van der Waals surface area contributed by atoms with Crippen molar-refractivity contribution in [2.75, 3.05) is 53.4 Å². The number of hydrogen-bond acceptors (Lipinski definition) is 6. The van der Waals surface area contributed by atoms with Crippen molar-refractivity contribution in [2.45, 2.75) is 18.8 Å². The van der Waals surface area contributed by atoms with Crippen molar-refractivity contribution in [3.63, 3.8) is 0 Å². The number of ether oxygens (including phenoxy) is 1. The summed E-state index contributed by atoms with van der Waals surface area (Å²) in [6.45, 7) is 5.77. The molecule has 21 heavy (non-hydrogen) atoms. The highest BCUT2D eigenvalue weighted by molar-refractivity contribution is 7.09. The zero-order valence-electron chi connectivity index (χ0n) is 13.0. The van der Waals surface area contributed by atoms with E-state index in [0.717, 1.165) is 26.2 Å². The molecular formula is C15H27N3O2S. The maximum Gasteiger partial charge on any atom is 0.0897 e. The Labute approximate surface area is 131 Å². The molecule has 0 amide bonds. The Morgan fingerprint density at radius 2 is 2.33 bits per heavy atom. The third-order valence-electron chi connectivity index (χ3n) is 3.87. The molecule has 1 saturated heterocycles. The van der Waals surface area contributed by atoms with Crippen LogP contribution < -0.4 is 5.32 Å². The fourth-order valence-electron chi connectivity index (χ4n) is 2.49. The quantitative estimate of drug-likeness (QED) is 0.730. The first kappa shape index (κ1) is 16.9. The Kier molecular flexibility index (Phi) is 7.09. The Morgan fingerprint density at radius 1 is 1.48 bits per heavy atom. The highest BCUT2D eigenvalue weighted by atomic mass is 32.1. The largest absolute Gasteiger partial charge is 0.389 e. The Hall–Kier alpha value is -0.500. The second kappa shape index (κ2) is 8.82. The van der Waals surface area contributed by atoms with E-state index in [2.05, 4.69) is 29.2 Å². The predicted octanol–water partition coefficient (Wildman–Crippen LogP) is 0.461. The lowest BCUT2D eigenvalue weighted by molar-refractivity contribution is 0.0281. The Bertz CT molecular complexity index is 388. The van der Waals surface area contributed by atoms with Gasteiger partial charge in [-0.15, -0.1) is 11.3 Å². The van der Waals surface area contributed by atoms with Crippen LogP contribution in [0, 0.1) is 0 Å². The molecule has 1 aliphatic heterocycles. The number of piperazine rings is 1. The molecule has 0 spiro atoms. The third kappa shape index (κ3) is 6.02. The average molecular weight is 313 g/mol. The van der Waals surface area contributed by atoms with Gasteiger partial charge in [-0.25, -0.2) is 0 Å². The summed E-state index contributed by atoms with van der Waals surface area (Å²) < 4.78 is 5.52. The summed E-state index contributed by atoms with van der Waals surface area (Å²) in [5.41, 5.74) is 0. The highest BCUT2D eigenvalue weighted by Gasteiger charge is 2.21. The summed E-state index contributed by atoms with van der Waals surface area (Å²) in [5, 5.41) is 15.3. The lowest BCUT2D eigenvalue weighted by atomic mass is 10.2. The van der Waals surface area contributed by atoms with Crippen LogP contribution in [0.25, 0.3) is 0 Å². The van der Waals surface area contributed by atoms with Crippen LogP contribution in [0.2, 0.25) is 0 Å². The second-order valence-electron chi connectivity index (χ2n) is 5.80. The summed E-state index contributed by atoms with van der Waals surface area (Å²) in [7, 11) is 4.33. The van der Waals surface area contributed by atoms with Gasteiger partial charge in [0.1, 0.15) is 0 Å². The van der Waals surface area contributed by atoms with E-state index in [1.54, 1.807) is 11.3 Å². The number of aliphatic hydroxyl groups excluding tert-OH is 1. The van der Waals surface area contributed by atoms with Crippen LogP contribution in [-0.4, -0.2) is 80.5 Å². The first-order valence-corrected chi connectivity index (χ1v) is 8.41. The molecule has 2 N–H and O–H groups in total. The van der Waals surface area contributed by atoms with Gasteiger partial charge in [-0.05, 0) is 25.5 Å². The lowest BCUT2D eigenvalue weighted by Gasteiger charge is -2.37. The minimum Gasteiger partial charge on any atom is -0.389 e. The molecule has 0 radical (unpaired) electrons. The van der Waals surface area contributed by atoms with Gasteiger partial charge in [-0.2, -0.15) is 0 Å². The SMILES string of the molecule is CN1CCN(C)C(CNCC(O)COCc2cccs2)C1. The Balaban J connectivity index is 1.55. The van der Waals surface area contributed by atoms with Crippen molar-refractivity contribution in [1.29, 1.82) is 0 Å². The van der Waals surface area contributed by atoms with Gasteiger partial charge in [0, 0.05) is 43.6 Å². The van der Waals surface area contributed by atoms with Gasteiger partial charge in [-0.1, -0.05) is 6.07 Å². The van der Waals surface area contributed by atoms with Gasteiger partial charge >= 0.3 is 0 Å². The van der Waals surface area contributed by atoms with Gasteiger partial charge in [0.25, 0.3) is 0 Å². The number of thiophene rings is 1. The van der Waals surface area contributed by atoms with E-state index in [0.29, 0.717) is 25.8 Å². The topological polar surface area (TPSA) is 48.0 Å². The minimum atomic E-state index is -0.448. The minimum absolute atomic E-state index is 0.380. The molecule has 0 saturated carbocycles. The van der Waals surface area contributed by atoms with E-state index in [1.807, 2.05) is 17.5 Å². The van der Waals surface area contributed by atoms with E-state index in [9.17, 15) is 5.11 Å². The fourth-order valence-corrected chi connectivity index (χ4v) is 3.13. The number of rotatable bonds is 8. The molecule has 6 heteroatoms. The molecule has 2 rings (SSSR count). The molecule has 0 bridgehead atoms. The van der Waals surface area contributed by atoms with Crippen LogP contribution in [0.1, 0.15) is 4.88 Å². The van der Waals surface area contributed by atoms with E-state index >= 15 is 0 Å². The molecule has 2 unspecified atom stereocenters. The van der Waals surface area contributed by atoms with E-state index in [1.165, 1.54) is 4.88 Å². The number of nitrogens with one attached hydrogen (secondary N) is 1. The Morgan fingerprint density at radius 3 is 3.10 bits per heavy atom. The van der Waals surface area contributed by atoms with E-state index < -0.39 is 6.10 Å². The smallest absolute Gasteiger partial charge is 0.0897 e. The van der Waals surface area contributed by atoms with E-state index in [4.69, 9.17) is 4.74 Å². The van der Waals surface area contributed by atoms with E-state index in [-0.39, 0.29) is 0 Å². The second-order valence-corrected chi connectivity index (χ2v) is 6.84. The van der Waals surface area contributed by atoms with Crippen LogP contribution in [-0.2, 0) is 11.3 Å². The zero-order valence-corrected chi connectivity index (χ0v) is 13.8. The first-order valence-electron chi connectivity index (χ1n) is 7.53. The summed E-state index contributed by atoms with van der Waals surface area (Å²) in [4.78, 5) is 5.93. The fraction of sp³-hybridized carbons (Fsp3) is 0.733. The highest BCUT2D eigenvalue weighted by Crippen LogP contribution is 2.09. The van der Waals surface area contributed by atoms with Crippen LogP contribution in [0.5, 0.6) is 0 Å².